The predicted octanol–water partition coefficient (Wildman–Crippen LogP) is 5.78. The Balaban J connectivity index is 1.78. The van der Waals surface area contributed by atoms with Crippen LogP contribution in [-0.4, -0.2) is 0 Å². The summed E-state index contributed by atoms with van der Waals surface area (Å²) in [6.45, 7) is 0. The van der Waals surface area contributed by atoms with Crippen LogP contribution in [0.5, 0.6) is 0 Å². The molecule has 1 aromatic heterocycles. The van der Waals surface area contributed by atoms with Crippen molar-refractivity contribution in [1.82, 2.24) is 0 Å². The van der Waals surface area contributed by atoms with Crippen LogP contribution in [0.3, 0.4) is 0 Å². The van der Waals surface area contributed by atoms with Crippen LogP contribution >= 0.6 is 11.3 Å². The van der Waals surface area contributed by atoms with E-state index in [4.69, 9.17) is 0 Å². The van der Waals surface area contributed by atoms with E-state index in [1.165, 1.54) is 32.0 Å². The molecule has 0 atom stereocenters. The van der Waals surface area contributed by atoms with E-state index in [1.54, 1.807) is 0 Å². The van der Waals surface area contributed by atoms with Crippen LogP contribution in [-0.2, 0) is 0 Å². The molecule has 0 amide bonds. The summed E-state index contributed by atoms with van der Waals surface area (Å²) in [4.78, 5) is 2.90. The Hall–Kier alpha value is -1.86. The molecule has 20 heavy (non-hydrogen) atoms. The van der Waals surface area contributed by atoms with Gasteiger partial charge in [-0.3, -0.25) is 0 Å². The van der Waals surface area contributed by atoms with Crippen LogP contribution in [0.4, 0.5) is 0 Å². The molecule has 0 radical (unpaired) electrons. The monoisotopic (exact) mass is 276 g/mol. The van der Waals surface area contributed by atoms with Crippen LogP contribution < -0.4 is 0 Å². The lowest BCUT2D eigenvalue weighted by atomic mass is 10.0. The first-order valence-electron chi connectivity index (χ1n) is 7.14. The minimum atomic E-state index is 1.07. The van der Waals surface area contributed by atoms with Crippen molar-refractivity contribution in [3.8, 4) is 0 Å². The highest BCUT2D eigenvalue weighted by atomic mass is 32.1. The fourth-order valence-corrected chi connectivity index (χ4v) is 4.18. The van der Waals surface area contributed by atoms with Gasteiger partial charge in [-0.2, -0.15) is 0 Å². The Morgan fingerprint density at radius 1 is 0.700 bits per heavy atom. The van der Waals surface area contributed by atoms with E-state index in [-0.39, 0.29) is 0 Å². The molecule has 0 saturated heterocycles. The third-order valence-electron chi connectivity index (χ3n) is 4.00. The quantitative estimate of drug-likeness (QED) is 0.656. The van der Waals surface area contributed by atoms with Gasteiger partial charge in [0.05, 0.1) is 0 Å². The molecule has 1 aromatic rings. The van der Waals surface area contributed by atoms with Gasteiger partial charge in [-0.1, -0.05) is 54.7 Å². The van der Waals surface area contributed by atoms with Crippen molar-refractivity contribution < 1.29 is 0 Å². The summed E-state index contributed by atoms with van der Waals surface area (Å²) in [6.07, 6.45) is 23.3. The van der Waals surface area contributed by atoms with Crippen molar-refractivity contribution in [3.05, 3.63) is 76.1 Å². The first kappa shape index (κ1) is 11.9. The molecular formula is C19H16S. The third kappa shape index (κ3) is 1.99. The highest BCUT2D eigenvalue weighted by Gasteiger charge is 2.19. The topological polar surface area (TPSA) is 0 Å². The van der Waals surface area contributed by atoms with Gasteiger partial charge in [-0.05, 0) is 47.6 Å². The standard InChI is InChI=1S/C19H16S/c1-2-8-14(7-1)17-13-18(15-9-3-4-10-15)20-19(17)16-11-5-6-12-16/h1-7,9,11,13H,8,10,12H2. The molecule has 0 spiro atoms. The number of hydrogen-bond acceptors (Lipinski definition) is 1. The van der Waals surface area contributed by atoms with Crippen LogP contribution in [0, 0.1) is 0 Å². The molecule has 0 fully saturated rings. The molecule has 98 valence electrons. The molecule has 3 aliphatic rings. The van der Waals surface area contributed by atoms with Crippen molar-refractivity contribution in [2.24, 2.45) is 0 Å². The van der Waals surface area contributed by atoms with E-state index in [9.17, 15) is 0 Å². The minimum absolute atomic E-state index is 1.07. The smallest absolute Gasteiger partial charge is 0.0387 e. The maximum absolute atomic E-state index is 2.40. The Morgan fingerprint density at radius 2 is 1.30 bits per heavy atom. The predicted molar refractivity (Wildman–Crippen MR) is 89.5 cm³/mol. The Labute approximate surface area is 123 Å². The van der Waals surface area contributed by atoms with Gasteiger partial charge >= 0.3 is 0 Å². The van der Waals surface area contributed by atoms with E-state index in [0.29, 0.717) is 0 Å². The van der Waals surface area contributed by atoms with Gasteiger partial charge in [0.15, 0.2) is 0 Å². The van der Waals surface area contributed by atoms with Crippen molar-refractivity contribution in [2.75, 3.05) is 0 Å². The van der Waals surface area contributed by atoms with E-state index in [0.717, 1.165) is 19.3 Å². The molecular weight excluding hydrogens is 260 g/mol. The van der Waals surface area contributed by atoms with Gasteiger partial charge in [0.2, 0.25) is 0 Å². The highest BCUT2D eigenvalue weighted by Crippen LogP contribution is 2.42. The molecule has 0 saturated carbocycles. The molecule has 0 unspecified atom stereocenters. The van der Waals surface area contributed by atoms with Gasteiger partial charge < -0.3 is 0 Å². The van der Waals surface area contributed by atoms with Gasteiger partial charge in [-0.15, -0.1) is 11.3 Å². The summed E-state index contributed by atoms with van der Waals surface area (Å²) < 4.78 is 0. The fourth-order valence-electron chi connectivity index (χ4n) is 2.92. The average molecular weight is 276 g/mol. The van der Waals surface area contributed by atoms with E-state index in [2.05, 4.69) is 60.8 Å². The molecule has 0 aliphatic heterocycles. The third-order valence-corrected chi connectivity index (χ3v) is 5.29. The van der Waals surface area contributed by atoms with Crippen molar-refractivity contribution in [3.63, 3.8) is 0 Å². The van der Waals surface area contributed by atoms with Crippen LogP contribution in [0.1, 0.15) is 34.6 Å². The summed E-state index contributed by atoms with van der Waals surface area (Å²) in [5.41, 5.74) is 5.83. The molecule has 0 bridgehead atoms. The zero-order chi connectivity index (χ0) is 13.4. The second kappa shape index (κ2) is 4.92. The summed E-state index contributed by atoms with van der Waals surface area (Å²) in [5.74, 6) is 0. The first-order chi connectivity index (χ1) is 9.92. The Bertz CT molecular complexity index is 682. The second-order valence-electron chi connectivity index (χ2n) is 5.33. The van der Waals surface area contributed by atoms with Gasteiger partial charge in [0.25, 0.3) is 0 Å². The zero-order valence-corrected chi connectivity index (χ0v) is 12.1. The lowest BCUT2D eigenvalue weighted by Gasteiger charge is -2.05. The minimum Gasteiger partial charge on any atom is -0.135 e. The molecule has 1 heterocycles. The first-order valence-corrected chi connectivity index (χ1v) is 7.95. The maximum atomic E-state index is 2.40. The number of thiophene rings is 1. The fraction of sp³-hybridized carbons (Fsp3) is 0.158. The number of rotatable bonds is 3. The zero-order valence-electron chi connectivity index (χ0n) is 11.3. The summed E-state index contributed by atoms with van der Waals surface area (Å²) >= 11 is 1.96. The van der Waals surface area contributed by atoms with Gasteiger partial charge in [0.1, 0.15) is 0 Å². The summed E-state index contributed by atoms with van der Waals surface area (Å²) in [6, 6.07) is 2.40. The number of hydrogen-bond donors (Lipinski definition) is 0. The molecule has 3 aliphatic carbocycles. The lowest BCUT2D eigenvalue weighted by molar-refractivity contribution is 1.41. The molecule has 1 heteroatoms. The summed E-state index contributed by atoms with van der Waals surface area (Å²) in [7, 11) is 0. The Kier molecular flexibility index (Phi) is 2.93. The summed E-state index contributed by atoms with van der Waals surface area (Å²) in [5, 5.41) is 0. The number of allylic oxidation sites excluding steroid dienone is 12. The second-order valence-corrected chi connectivity index (χ2v) is 6.38. The van der Waals surface area contributed by atoms with Crippen LogP contribution in [0.25, 0.3) is 16.7 Å². The lowest BCUT2D eigenvalue weighted by Crippen LogP contribution is -1.84. The Morgan fingerprint density at radius 3 is 1.90 bits per heavy atom. The van der Waals surface area contributed by atoms with Gasteiger partial charge in [0, 0.05) is 9.75 Å². The average Bonchev–Trinajstić information content (AvgIpc) is 3.22. The molecule has 0 N–H and O–H groups in total. The largest absolute Gasteiger partial charge is 0.135 e. The van der Waals surface area contributed by atoms with Crippen molar-refractivity contribution in [1.29, 1.82) is 0 Å². The van der Waals surface area contributed by atoms with Crippen molar-refractivity contribution >= 4 is 28.1 Å². The maximum Gasteiger partial charge on any atom is 0.0387 e. The molecule has 0 nitrogen and oxygen atoms in total. The molecule has 4 rings (SSSR count). The normalized spacial score (nSPS) is 19.7. The van der Waals surface area contributed by atoms with Crippen molar-refractivity contribution in [2.45, 2.75) is 19.3 Å². The SMILES string of the molecule is C1=CCC(c2cc(C3=CC=CC3)c(C3=CC=CC3)s2)=C1. The van der Waals surface area contributed by atoms with E-state index in [1.807, 2.05) is 11.3 Å². The highest BCUT2D eigenvalue weighted by molar-refractivity contribution is 7.14. The van der Waals surface area contributed by atoms with E-state index >= 15 is 0 Å². The van der Waals surface area contributed by atoms with E-state index < -0.39 is 0 Å². The molecule has 0 aromatic carbocycles. The van der Waals surface area contributed by atoms with Crippen LogP contribution in [0.15, 0.2) is 60.8 Å². The van der Waals surface area contributed by atoms with Crippen LogP contribution in [0.2, 0.25) is 0 Å². The van der Waals surface area contributed by atoms with Gasteiger partial charge in [-0.25, -0.2) is 0 Å².